The molecule has 0 radical (unpaired) electrons. The zero-order valence-corrected chi connectivity index (χ0v) is 8.47. The lowest BCUT2D eigenvalue weighted by Gasteiger charge is -2.00. The van der Waals surface area contributed by atoms with Gasteiger partial charge in [-0.1, -0.05) is 6.42 Å². The van der Waals surface area contributed by atoms with Crippen molar-refractivity contribution < 1.29 is 14.3 Å². The van der Waals surface area contributed by atoms with Crippen LogP contribution in [0.15, 0.2) is 0 Å². The van der Waals surface area contributed by atoms with Gasteiger partial charge in [0.2, 0.25) is 0 Å². The molecule has 0 atom stereocenters. The van der Waals surface area contributed by atoms with Gasteiger partial charge in [0.15, 0.2) is 0 Å². The van der Waals surface area contributed by atoms with Crippen molar-refractivity contribution in [2.75, 3.05) is 6.61 Å². The van der Waals surface area contributed by atoms with Crippen molar-refractivity contribution in [3.63, 3.8) is 0 Å². The molecule has 0 fully saturated rings. The summed E-state index contributed by atoms with van der Waals surface area (Å²) in [5.41, 5.74) is 0. The second kappa shape index (κ2) is 7.77. The molecule has 0 amide bonds. The smallest absolute Gasteiger partial charge is 0.305 e. The first-order chi connectivity index (χ1) is 6.16. The van der Waals surface area contributed by atoms with Crippen molar-refractivity contribution in [2.45, 2.75) is 46.0 Å². The van der Waals surface area contributed by atoms with E-state index in [1.54, 1.807) is 13.8 Å². The van der Waals surface area contributed by atoms with Crippen LogP contribution in [-0.2, 0) is 14.3 Å². The fourth-order valence-corrected chi connectivity index (χ4v) is 1.05. The molecule has 0 unspecified atom stereocenters. The summed E-state index contributed by atoms with van der Waals surface area (Å²) in [5.74, 6) is 0.0847. The molecule has 0 rings (SSSR count). The summed E-state index contributed by atoms with van der Waals surface area (Å²) in [5, 5.41) is 0. The van der Waals surface area contributed by atoms with Gasteiger partial charge in [0.05, 0.1) is 6.61 Å². The van der Waals surface area contributed by atoms with E-state index in [1.807, 2.05) is 0 Å². The van der Waals surface area contributed by atoms with Gasteiger partial charge < -0.3 is 9.53 Å². The van der Waals surface area contributed by atoms with E-state index in [9.17, 15) is 9.59 Å². The molecule has 0 saturated heterocycles. The third-order valence-corrected chi connectivity index (χ3v) is 1.72. The van der Waals surface area contributed by atoms with Crippen molar-refractivity contribution >= 4 is 11.8 Å². The molecule has 76 valence electrons. The monoisotopic (exact) mass is 186 g/mol. The third kappa shape index (κ3) is 9.05. The second-order valence-corrected chi connectivity index (χ2v) is 3.07. The Hall–Kier alpha value is -0.860. The van der Waals surface area contributed by atoms with Crippen LogP contribution in [0.2, 0.25) is 0 Å². The van der Waals surface area contributed by atoms with Gasteiger partial charge in [-0.05, 0) is 26.7 Å². The van der Waals surface area contributed by atoms with Crippen LogP contribution in [0.3, 0.4) is 0 Å². The number of ether oxygens (including phenoxy) is 1. The van der Waals surface area contributed by atoms with Crippen molar-refractivity contribution in [1.29, 1.82) is 0 Å². The van der Waals surface area contributed by atoms with Crippen molar-refractivity contribution in [1.82, 2.24) is 0 Å². The first-order valence-electron chi connectivity index (χ1n) is 4.82. The Morgan fingerprint density at radius 3 is 2.23 bits per heavy atom. The molecule has 0 aliphatic heterocycles. The van der Waals surface area contributed by atoms with Gasteiger partial charge in [0, 0.05) is 12.8 Å². The van der Waals surface area contributed by atoms with Crippen LogP contribution in [0.1, 0.15) is 46.0 Å². The fraction of sp³-hybridized carbons (Fsp3) is 0.800. The lowest BCUT2D eigenvalue weighted by molar-refractivity contribution is -0.143. The first-order valence-corrected chi connectivity index (χ1v) is 4.82. The SMILES string of the molecule is CCOC(=O)CCCCCC(C)=O. The molecule has 0 heterocycles. The van der Waals surface area contributed by atoms with Crippen LogP contribution >= 0.6 is 0 Å². The Kier molecular flexibility index (Phi) is 7.26. The highest BCUT2D eigenvalue weighted by molar-refractivity contribution is 5.75. The summed E-state index contributed by atoms with van der Waals surface area (Å²) in [6.07, 6.45) is 3.74. The lowest BCUT2D eigenvalue weighted by Crippen LogP contribution is -2.03. The van der Waals surface area contributed by atoms with Crippen molar-refractivity contribution in [3.8, 4) is 0 Å². The van der Waals surface area contributed by atoms with Gasteiger partial charge in [0.25, 0.3) is 0 Å². The van der Waals surface area contributed by atoms with Crippen molar-refractivity contribution in [2.24, 2.45) is 0 Å². The van der Waals surface area contributed by atoms with Gasteiger partial charge in [-0.3, -0.25) is 4.79 Å². The Balaban J connectivity index is 3.16. The molecule has 0 N–H and O–H groups in total. The molecule has 3 heteroatoms. The predicted octanol–water partition coefficient (Wildman–Crippen LogP) is 2.09. The Bertz CT molecular complexity index is 164. The van der Waals surface area contributed by atoms with Gasteiger partial charge in [-0.2, -0.15) is 0 Å². The summed E-state index contributed by atoms with van der Waals surface area (Å²) in [6, 6.07) is 0. The highest BCUT2D eigenvalue weighted by Gasteiger charge is 2.00. The second-order valence-electron chi connectivity index (χ2n) is 3.07. The molecule has 13 heavy (non-hydrogen) atoms. The van der Waals surface area contributed by atoms with E-state index in [2.05, 4.69) is 0 Å². The Morgan fingerprint density at radius 1 is 1.08 bits per heavy atom. The summed E-state index contributed by atoms with van der Waals surface area (Å²) in [4.78, 5) is 21.4. The zero-order valence-electron chi connectivity index (χ0n) is 8.47. The van der Waals surface area contributed by atoms with E-state index in [-0.39, 0.29) is 11.8 Å². The molecular weight excluding hydrogens is 168 g/mol. The van der Waals surface area contributed by atoms with Gasteiger partial charge in [-0.15, -0.1) is 0 Å². The summed E-state index contributed by atoms with van der Waals surface area (Å²) in [6.45, 7) is 3.84. The average Bonchev–Trinajstić information content (AvgIpc) is 2.03. The number of hydrogen-bond donors (Lipinski definition) is 0. The number of ketones is 1. The highest BCUT2D eigenvalue weighted by atomic mass is 16.5. The molecular formula is C10H18O3. The topological polar surface area (TPSA) is 43.4 Å². The maximum absolute atomic E-state index is 10.9. The number of unbranched alkanes of at least 4 members (excludes halogenated alkanes) is 2. The third-order valence-electron chi connectivity index (χ3n) is 1.72. The maximum atomic E-state index is 10.9. The summed E-state index contributed by atoms with van der Waals surface area (Å²) >= 11 is 0. The Morgan fingerprint density at radius 2 is 1.69 bits per heavy atom. The molecule has 0 aliphatic rings. The van der Waals surface area contributed by atoms with Gasteiger partial charge in [-0.25, -0.2) is 0 Å². The fourth-order valence-electron chi connectivity index (χ4n) is 1.05. The number of rotatable bonds is 7. The van der Waals surface area contributed by atoms with E-state index in [0.717, 1.165) is 19.3 Å². The average molecular weight is 186 g/mol. The van der Waals surface area contributed by atoms with Crippen molar-refractivity contribution in [3.05, 3.63) is 0 Å². The predicted molar refractivity (Wildman–Crippen MR) is 50.4 cm³/mol. The molecule has 0 aromatic rings. The molecule has 0 aromatic carbocycles. The normalized spacial score (nSPS) is 9.69. The number of Topliss-reactive ketones (excluding diaryl/α,β-unsaturated/α-hetero) is 1. The number of carbonyl (C=O) groups is 2. The zero-order chi connectivity index (χ0) is 10.1. The Labute approximate surface area is 79.5 Å². The number of esters is 1. The standard InChI is InChI=1S/C10H18O3/c1-3-13-10(12)8-6-4-5-7-9(2)11/h3-8H2,1-2H3. The van der Waals surface area contributed by atoms with E-state index in [1.165, 1.54) is 0 Å². The lowest BCUT2D eigenvalue weighted by atomic mass is 10.1. The largest absolute Gasteiger partial charge is 0.466 e. The molecule has 0 bridgehead atoms. The van der Waals surface area contributed by atoms with Crippen LogP contribution in [0.5, 0.6) is 0 Å². The van der Waals surface area contributed by atoms with E-state index >= 15 is 0 Å². The molecule has 0 spiro atoms. The minimum Gasteiger partial charge on any atom is -0.466 e. The number of carbonyl (C=O) groups excluding carboxylic acids is 2. The number of hydrogen-bond acceptors (Lipinski definition) is 3. The van der Waals surface area contributed by atoms with Crippen LogP contribution < -0.4 is 0 Å². The first kappa shape index (κ1) is 12.1. The van der Waals surface area contributed by atoms with Crippen LogP contribution in [0.4, 0.5) is 0 Å². The molecule has 0 aromatic heterocycles. The van der Waals surface area contributed by atoms with Gasteiger partial charge in [0.1, 0.15) is 5.78 Å². The molecule has 0 aliphatic carbocycles. The molecule has 0 saturated carbocycles. The minimum absolute atomic E-state index is 0.134. The van der Waals surface area contributed by atoms with Crippen LogP contribution in [0.25, 0.3) is 0 Å². The quantitative estimate of drug-likeness (QED) is 0.451. The van der Waals surface area contributed by atoms with Crippen LogP contribution in [-0.4, -0.2) is 18.4 Å². The van der Waals surface area contributed by atoms with E-state index in [0.29, 0.717) is 19.4 Å². The maximum Gasteiger partial charge on any atom is 0.305 e. The summed E-state index contributed by atoms with van der Waals surface area (Å²) < 4.78 is 4.76. The van der Waals surface area contributed by atoms with E-state index < -0.39 is 0 Å². The van der Waals surface area contributed by atoms with E-state index in [4.69, 9.17) is 4.74 Å². The van der Waals surface area contributed by atoms with Crippen LogP contribution in [0, 0.1) is 0 Å². The molecule has 3 nitrogen and oxygen atoms in total. The highest BCUT2D eigenvalue weighted by Crippen LogP contribution is 2.04. The summed E-state index contributed by atoms with van der Waals surface area (Å²) in [7, 11) is 0. The minimum atomic E-state index is -0.134. The van der Waals surface area contributed by atoms with Gasteiger partial charge >= 0.3 is 5.97 Å².